The van der Waals surface area contributed by atoms with Crippen LogP contribution >= 0.6 is 11.8 Å². The van der Waals surface area contributed by atoms with E-state index in [9.17, 15) is 4.79 Å². The molecule has 0 bridgehead atoms. The standard InChI is InChI=1S/C25H26N2O3S/c1-4-13-30-21-12-10-17-7-5-6-8-18(17)19(21)15-23-24(28)27-25(31-23)26-20-14-16(2)9-11-22(20)29-3/h5-12,14-15,25-26H,4,13H2,1-3H3,(H,27,28)/b23-15-. The van der Waals surface area contributed by atoms with Crippen molar-refractivity contribution in [2.45, 2.75) is 25.8 Å². The van der Waals surface area contributed by atoms with E-state index in [1.807, 2.05) is 49.4 Å². The van der Waals surface area contributed by atoms with Crippen molar-refractivity contribution in [1.29, 1.82) is 0 Å². The highest BCUT2D eigenvalue weighted by molar-refractivity contribution is 8.05. The number of thioether (sulfide) groups is 1. The normalized spacial score (nSPS) is 17.1. The first-order valence-corrected chi connectivity index (χ1v) is 11.2. The minimum atomic E-state index is -0.288. The number of hydrogen-bond acceptors (Lipinski definition) is 5. The number of carbonyl (C=O) groups is 1. The van der Waals surface area contributed by atoms with E-state index < -0.39 is 0 Å². The lowest BCUT2D eigenvalue weighted by Crippen LogP contribution is -2.31. The van der Waals surface area contributed by atoms with Crippen LogP contribution in [0.15, 0.2) is 59.5 Å². The van der Waals surface area contributed by atoms with Gasteiger partial charge in [-0.1, -0.05) is 55.1 Å². The fraction of sp³-hybridized carbons (Fsp3) is 0.240. The summed E-state index contributed by atoms with van der Waals surface area (Å²) in [5, 5.41) is 8.55. The maximum absolute atomic E-state index is 12.7. The Balaban J connectivity index is 1.65. The Morgan fingerprint density at radius 2 is 1.94 bits per heavy atom. The summed E-state index contributed by atoms with van der Waals surface area (Å²) in [5.41, 5.74) is 2.60. The molecule has 3 aromatic rings. The Morgan fingerprint density at radius 1 is 1.13 bits per heavy atom. The van der Waals surface area contributed by atoms with Crippen LogP contribution < -0.4 is 20.1 Å². The lowest BCUT2D eigenvalue weighted by molar-refractivity contribution is -0.116. The van der Waals surface area contributed by atoms with Crippen LogP contribution in [0.3, 0.4) is 0 Å². The quantitative estimate of drug-likeness (QED) is 0.478. The zero-order valence-corrected chi connectivity index (χ0v) is 18.7. The molecule has 6 heteroatoms. The van der Waals surface area contributed by atoms with Gasteiger partial charge >= 0.3 is 0 Å². The van der Waals surface area contributed by atoms with Crippen LogP contribution in [0, 0.1) is 6.92 Å². The first kappa shape index (κ1) is 21.1. The van der Waals surface area contributed by atoms with Crippen molar-refractivity contribution in [2.75, 3.05) is 19.0 Å². The molecule has 0 aliphatic carbocycles. The van der Waals surface area contributed by atoms with E-state index in [4.69, 9.17) is 9.47 Å². The average Bonchev–Trinajstić information content (AvgIpc) is 3.12. The van der Waals surface area contributed by atoms with Crippen molar-refractivity contribution >= 4 is 40.2 Å². The van der Waals surface area contributed by atoms with Crippen LogP contribution in [0.5, 0.6) is 11.5 Å². The maximum Gasteiger partial charge on any atom is 0.260 e. The Kier molecular flexibility index (Phi) is 6.37. The monoisotopic (exact) mass is 434 g/mol. The highest BCUT2D eigenvalue weighted by atomic mass is 32.2. The molecule has 0 radical (unpaired) electrons. The van der Waals surface area contributed by atoms with Gasteiger partial charge in [-0.05, 0) is 54.0 Å². The Morgan fingerprint density at radius 3 is 2.74 bits per heavy atom. The highest BCUT2D eigenvalue weighted by Gasteiger charge is 2.28. The average molecular weight is 435 g/mol. The van der Waals surface area contributed by atoms with Gasteiger partial charge in [0.2, 0.25) is 0 Å². The van der Waals surface area contributed by atoms with E-state index in [1.54, 1.807) is 7.11 Å². The number of benzene rings is 3. The molecule has 1 aliphatic rings. The van der Waals surface area contributed by atoms with Gasteiger partial charge in [-0.25, -0.2) is 0 Å². The van der Waals surface area contributed by atoms with E-state index in [-0.39, 0.29) is 11.4 Å². The van der Waals surface area contributed by atoms with E-state index in [2.05, 4.69) is 35.8 Å². The third kappa shape index (κ3) is 4.64. The number of rotatable bonds is 7. The van der Waals surface area contributed by atoms with Crippen molar-refractivity contribution < 1.29 is 14.3 Å². The molecule has 1 heterocycles. The second-order valence-corrected chi connectivity index (χ2v) is 8.52. The van der Waals surface area contributed by atoms with Gasteiger partial charge in [0.1, 0.15) is 11.5 Å². The molecular formula is C25H26N2O3S. The number of anilines is 1. The smallest absolute Gasteiger partial charge is 0.260 e. The molecule has 4 rings (SSSR count). The molecule has 160 valence electrons. The predicted molar refractivity (Wildman–Crippen MR) is 129 cm³/mol. The summed E-state index contributed by atoms with van der Waals surface area (Å²) < 4.78 is 11.4. The van der Waals surface area contributed by atoms with Crippen LogP contribution in [0.25, 0.3) is 16.8 Å². The summed E-state index contributed by atoms with van der Waals surface area (Å²) in [4.78, 5) is 13.4. The molecule has 1 unspecified atom stereocenters. The summed E-state index contributed by atoms with van der Waals surface area (Å²) in [6, 6.07) is 18.1. The summed E-state index contributed by atoms with van der Waals surface area (Å²) in [6.07, 6.45) is 2.85. The Hall–Kier alpha value is -3.12. The van der Waals surface area contributed by atoms with Gasteiger partial charge in [0.25, 0.3) is 5.91 Å². The molecular weight excluding hydrogens is 408 g/mol. The zero-order valence-electron chi connectivity index (χ0n) is 17.9. The molecule has 0 aromatic heterocycles. The van der Waals surface area contributed by atoms with Gasteiger partial charge in [0.15, 0.2) is 5.50 Å². The van der Waals surface area contributed by atoms with Crippen molar-refractivity contribution in [3.63, 3.8) is 0 Å². The molecule has 2 N–H and O–H groups in total. The summed E-state index contributed by atoms with van der Waals surface area (Å²) in [6.45, 7) is 4.73. The van der Waals surface area contributed by atoms with Gasteiger partial charge in [-0.3, -0.25) is 4.79 Å². The molecule has 0 spiro atoms. The lowest BCUT2D eigenvalue weighted by atomic mass is 10.0. The van der Waals surface area contributed by atoms with Crippen LogP contribution in [0.2, 0.25) is 0 Å². The summed E-state index contributed by atoms with van der Waals surface area (Å²) in [7, 11) is 1.64. The molecule has 1 saturated heterocycles. The second kappa shape index (κ2) is 9.35. The molecule has 1 fully saturated rings. The molecule has 1 aliphatic heterocycles. The molecule has 31 heavy (non-hydrogen) atoms. The van der Waals surface area contributed by atoms with E-state index in [1.165, 1.54) is 11.8 Å². The van der Waals surface area contributed by atoms with Gasteiger partial charge in [-0.15, -0.1) is 0 Å². The van der Waals surface area contributed by atoms with E-state index in [0.717, 1.165) is 45.5 Å². The lowest BCUT2D eigenvalue weighted by Gasteiger charge is -2.16. The number of aryl methyl sites for hydroxylation is 1. The third-order valence-corrected chi connectivity index (χ3v) is 6.07. The fourth-order valence-corrected chi connectivity index (χ4v) is 4.49. The van der Waals surface area contributed by atoms with Crippen LogP contribution in [-0.2, 0) is 4.79 Å². The third-order valence-electron chi connectivity index (χ3n) is 5.04. The van der Waals surface area contributed by atoms with Crippen molar-refractivity contribution in [1.82, 2.24) is 5.32 Å². The molecule has 5 nitrogen and oxygen atoms in total. The molecule has 1 atom stereocenters. The number of amides is 1. The van der Waals surface area contributed by atoms with Crippen LogP contribution in [0.1, 0.15) is 24.5 Å². The topological polar surface area (TPSA) is 59.6 Å². The highest BCUT2D eigenvalue weighted by Crippen LogP contribution is 2.37. The summed E-state index contributed by atoms with van der Waals surface area (Å²) >= 11 is 1.45. The van der Waals surface area contributed by atoms with E-state index >= 15 is 0 Å². The number of methoxy groups -OCH3 is 1. The molecule has 3 aromatic carbocycles. The molecule has 1 amide bonds. The number of carbonyl (C=O) groups excluding carboxylic acids is 1. The van der Waals surface area contributed by atoms with Gasteiger partial charge in [-0.2, -0.15) is 0 Å². The SMILES string of the molecule is CCCOc1ccc2ccccc2c1/C=C1\SC(Nc2cc(C)ccc2OC)NC1=O. The van der Waals surface area contributed by atoms with Gasteiger partial charge in [0, 0.05) is 5.56 Å². The van der Waals surface area contributed by atoms with Crippen molar-refractivity contribution in [3.8, 4) is 11.5 Å². The van der Waals surface area contributed by atoms with Gasteiger partial charge < -0.3 is 20.1 Å². The first-order chi connectivity index (χ1) is 15.1. The number of ether oxygens (including phenoxy) is 2. The largest absolute Gasteiger partial charge is 0.495 e. The Bertz CT molecular complexity index is 1140. The Labute approximate surface area is 186 Å². The number of hydrogen-bond donors (Lipinski definition) is 2. The number of nitrogens with one attached hydrogen (secondary N) is 2. The van der Waals surface area contributed by atoms with Gasteiger partial charge in [0.05, 0.1) is 24.3 Å². The fourth-order valence-electron chi connectivity index (χ4n) is 3.53. The minimum absolute atomic E-state index is 0.108. The molecule has 0 saturated carbocycles. The maximum atomic E-state index is 12.7. The predicted octanol–water partition coefficient (Wildman–Crippen LogP) is 5.55. The van der Waals surface area contributed by atoms with Crippen LogP contribution in [-0.4, -0.2) is 25.1 Å². The zero-order chi connectivity index (χ0) is 21.8. The first-order valence-electron chi connectivity index (χ1n) is 10.3. The van der Waals surface area contributed by atoms with Crippen LogP contribution in [0.4, 0.5) is 5.69 Å². The second-order valence-electron chi connectivity index (χ2n) is 7.37. The van der Waals surface area contributed by atoms with Crippen molar-refractivity contribution in [2.24, 2.45) is 0 Å². The summed E-state index contributed by atoms with van der Waals surface area (Å²) in [5.74, 6) is 1.42. The minimum Gasteiger partial charge on any atom is -0.495 e. The van der Waals surface area contributed by atoms with E-state index in [0.29, 0.717) is 11.5 Å². The van der Waals surface area contributed by atoms with Crippen molar-refractivity contribution in [3.05, 3.63) is 70.6 Å². The number of fused-ring (bicyclic) bond motifs is 1.